The van der Waals surface area contributed by atoms with E-state index in [-0.39, 0.29) is 12.4 Å². The molecule has 0 aromatic heterocycles. The minimum absolute atomic E-state index is 0.173. The molecule has 1 heterocycles. The van der Waals surface area contributed by atoms with Crippen LogP contribution in [0.5, 0.6) is 5.75 Å². The molecule has 100 valence electrons. The second-order valence-corrected chi connectivity index (χ2v) is 5.00. The number of rotatable bonds is 4. The van der Waals surface area contributed by atoms with E-state index in [2.05, 4.69) is 11.9 Å². The van der Waals surface area contributed by atoms with Gasteiger partial charge >= 0.3 is 0 Å². The van der Waals surface area contributed by atoms with Crippen LogP contribution in [0.3, 0.4) is 0 Å². The number of hydrogen-bond acceptors (Lipinski definition) is 3. The van der Waals surface area contributed by atoms with Crippen LogP contribution in [0.2, 0.25) is 0 Å². The summed E-state index contributed by atoms with van der Waals surface area (Å²) in [6.45, 7) is 3.02. The van der Waals surface area contributed by atoms with E-state index in [0.717, 1.165) is 13.1 Å². The Morgan fingerprint density at radius 2 is 2.33 bits per heavy atom. The lowest BCUT2D eigenvalue weighted by Crippen LogP contribution is -2.34. The zero-order valence-corrected chi connectivity index (χ0v) is 10.9. The normalized spacial score (nSPS) is 20.9. The Kier molecular flexibility index (Phi) is 4.55. The van der Waals surface area contributed by atoms with Gasteiger partial charge in [-0.3, -0.25) is 0 Å². The molecule has 0 radical (unpaired) electrons. The highest BCUT2D eigenvalue weighted by molar-refractivity contribution is 5.34. The maximum Gasteiger partial charge on any atom is 0.131 e. The molecule has 0 saturated carbocycles. The van der Waals surface area contributed by atoms with Crippen molar-refractivity contribution in [1.29, 1.82) is 0 Å². The van der Waals surface area contributed by atoms with Gasteiger partial charge in [0.15, 0.2) is 0 Å². The fourth-order valence-electron chi connectivity index (χ4n) is 2.49. The fraction of sp³-hybridized carbons (Fsp3) is 0.571. The average molecular weight is 252 g/mol. The molecule has 1 atom stereocenters. The van der Waals surface area contributed by atoms with Gasteiger partial charge in [0.2, 0.25) is 0 Å². The number of benzene rings is 1. The molecule has 1 unspecified atom stereocenters. The van der Waals surface area contributed by atoms with Crippen LogP contribution in [0.15, 0.2) is 18.2 Å². The monoisotopic (exact) mass is 252 g/mol. The van der Waals surface area contributed by atoms with Gasteiger partial charge in [-0.2, -0.15) is 0 Å². The van der Waals surface area contributed by atoms with Gasteiger partial charge in [0.25, 0.3) is 0 Å². The summed E-state index contributed by atoms with van der Waals surface area (Å²) in [6.07, 6.45) is 2.38. The van der Waals surface area contributed by atoms with Crippen LogP contribution >= 0.6 is 0 Å². The highest BCUT2D eigenvalue weighted by Gasteiger charge is 2.18. The SMILES string of the molecule is CN1CCCC(COc2cccc(F)c2CN)C1. The van der Waals surface area contributed by atoms with E-state index in [4.69, 9.17) is 10.5 Å². The molecule has 1 aliphatic rings. The molecule has 0 aliphatic carbocycles. The molecule has 18 heavy (non-hydrogen) atoms. The average Bonchev–Trinajstić information content (AvgIpc) is 2.36. The zero-order valence-electron chi connectivity index (χ0n) is 10.9. The van der Waals surface area contributed by atoms with Crippen LogP contribution in [0.1, 0.15) is 18.4 Å². The Labute approximate surface area is 108 Å². The van der Waals surface area contributed by atoms with Crippen molar-refractivity contribution in [3.63, 3.8) is 0 Å². The van der Waals surface area contributed by atoms with Gasteiger partial charge < -0.3 is 15.4 Å². The third kappa shape index (κ3) is 3.21. The van der Waals surface area contributed by atoms with Crippen molar-refractivity contribution in [1.82, 2.24) is 4.90 Å². The summed E-state index contributed by atoms with van der Waals surface area (Å²) in [6, 6.07) is 4.87. The highest BCUT2D eigenvalue weighted by Crippen LogP contribution is 2.23. The first-order valence-corrected chi connectivity index (χ1v) is 6.49. The van der Waals surface area contributed by atoms with E-state index in [9.17, 15) is 4.39 Å². The first-order valence-electron chi connectivity index (χ1n) is 6.49. The van der Waals surface area contributed by atoms with E-state index >= 15 is 0 Å². The Bertz CT molecular complexity index is 397. The second kappa shape index (κ2) is 6.16. The number of hydrogen-bond donors (Lipinski definition) is 1. The standard InChI is InChI=1S/C14H21FN2O/c1-17-7-3-4-11(9-17)10-18-14-6-2-5-13(15)12(14)8-16/h2,5-6,11H,3-4,7-10,16H2,1H3. The van der Waals surface area contributed by atoms with Crippen molar-refractivity contribution >= 4 is 0 Å². The number of piperidine rings is 1. The van der Waals surface area contributed by atoms with Gasteiger partial charge in [0.05, 0.1) is 6.61 Å². The van der Waals surface area contributed by atoms with Crippen molar-refractivity contribution < 1.29 is 9.13 Å². The summed E-state index contributed by atoms with van der Waals surface area (Å²) < 4.78 is 19.3. The van der Waals surface area contributed by atoms with E-state index in [0.29, 0.717) is 23.8 Å². The van der Waals surface area contributed by atoms with Crippen molar-refractivity contribution in [3.05, 3.63) is 29.6 Å². The first-order chi connectivity index (χ1) is 8.70. The third-order valence-corrected chi connectivity index (χ3v) is 3.48. The van der Waals surface area contributed by atoms with Gasteiger partial charge in [-0.15, -0.1) is 0 Å². The zero-order chi connectivity index (χ0) is 13.0. The highest BCUT2D eigenvalue weighted by atomic mass is 19.1. The van der Waals surface area contributed by atoms with Crippen molar-refractivity contribution in [3.8, 4) is 5.75 Å². The van der Waals surface area contributed by atoms with Gasteiger partial charge in [-0.1, -0.05) is 6.07 Å². The molecule has 1 aromatic rings. The largest absolute Gasteiger partial charge is 0.493 e. The van der Waals surface area contributed by atoms with Gasteiger partial charge in [0.1, 0.15) is 11.6 Å². The predicted octanol–water partition coefficient (Wildman–Crippen LogP) is 2.00. The molecule has 1 aromatic carbocycles. The Morgan fingerprint density at radius 3 is 3.06 bits per heavy atom. The van der Waals surface area contributed by atoms with Gasteiger partial charge in [0, 0.05) is 24.6 Å². The van der Waals surface area contributed by atoms with Crippen LogP contribution in [0, 0.1) is 11.7 Å². The van der Waals surface area contributed by atoms with E-state index in [1.165, 1.54) is 18.9 Å². The fourth-order valence-corrected chi connectivity index (χ4v) is 2.49. The molecule has 2 N–H and O–H groups in total. The molecule has 0 bridgehead atoms. The lowest BCUT2D eigenvalue weighted by molar-refractivity contribution is 0.149. The lowest BCUT2D eigenvalue weighted by atomic mass is 9.99. The van der Waals surface area contributed by atoms with E-state index in [1.54, 1.807) is 12.1 Å². The number of nitrogens with zero attached hydrogens (tertiary/aromatic N) is 1. The molecule has 2 rings (SSSR count). The van der Waals surface area contributed by atoms with Crippen LogP contribution in [0.25, 0.3) is 0 Å². The quantitative estimate of drug-likeness (QED) is 0.891. The summed E-state index contributed by atoms with van der Waals surface area (Å²) in [5.41, 5.74) is 6.03. The topological polar surface area (TPSA) is 38.5 Å². The Hall–Kier alpha value is -1.13. The van der Waals surface area contributed by atoms with Crippen molar-refractivity contribution in [2.75, 3.05) is 26.7 Å². The maximum atomic E-state index is 13.5. The molecular weight excluding hydrogens is 231 g/mol. The summed E-state index contributed by atoms with van der Waals surface area (Å²) in [5, 5.41) is 0. The van der Waals surface area contributed by atoms with E-state index in [1.807, 2.05) is 0 Å². The van der Waals surface area contributed by atoms with Crippen LogP contribution < -0.4 is 10.5 Å². The molecule has 0 spiro atoms. The van der Waals surface area contributed by atoms with E-state index < -0.39 is 0 Å². The van der Waals surface area contributed by atoms with Crippen molar-refractivity contribution in [2.24, 2.45) is 11.7 Å². The van der Waals surface area contributed by atoms with Crippen molar-refractivity contribution in [2.45, 2.75) is 19.4 Å². The summed E-state index contributed by atoms with van der Waals surface area (Å²) in [5.74, 6) is 0.833. The number of nitrogens with two attached hydrogens (primary N) is 1. The summed E-state index contributed by atoms with van der Waals surface area (Å²) >= 11 is 0. The first kappa shape index (κ1) is 13.3. The van der Waals surface area contributed by atoms with Gasteiger partial charge in [-0.25, -0.2) is 4.39 Å². The lowest BCUT2D eigenvalue weighted by Gasteiger charge is -2.29. The molecule has 0 amide bonds. The minimum atomic E-state index is -0.282. The maximum absolute atomic E-state index is 13.5. The Morgan fingerprint density at radius 1 is 1.50 bits per heavy atom. The number of halogens is 1. The minimum Gasteiger partial charge on any atom is -0.493 e. The summed E-state index contributed by atoms with van der Waals surface area (Å²) in [7, 11) is 2.12. The van der Waals surface area contributed by atoms with Crippen LogP contribution in [-0.2, 0) is 6.54 Å². The molecule has 3 nitrogen and oxygen atoms in total. The van der Waals surface area contributed by atoms with Crippen LogP contribution in [0.4, 0.5) is 4.39 Å². The molecular formula is C14H21FN2O. The van der Waals surface area contributed by atoms with Gasteiger partial charge in [-0.05, 0) is 38.6 Å². The molecule has 1 aliphatic heterocycles. The third-order valence-electron chi connectivity index (χ3n) is 3.48. The van der Waals surface area contributed by atoms with Crippen LogP contribution in [-0.4, -0.2) is 31.6 Å². The molecule has 4 heteroatoms. The predicted molar refractivity (Wildman–Crippen MR) is 70.0 cm³/mol. The number of likely N-dealkylation sites (tertiary alicyclic amines) is 1. The molecule has 1 saturated heterocycles. The smallest absolute Gasteiger partial charge is 0.131 e. The number of ether oxygens (including phenoxy) is 1. The second-order valence-electron chi connectivity index (χ2n) is 5.00. The molecule has 1 fully saturated rings. The Balaban J connectivity index is 1.95. The summed E-state index contributed by atoms with van der Waals surface area (Å²) in [4.78, 5) is 2.31.